The summed E-state index contributed by atoms with van der Waals surface area (Å²) >= 11 is 2.02. The number of piperidine rings is 1. The number of para-hydroxylation sites is 1. The van der Waals surface area contributed by atoms with E-state index in [2.05, 4.69) is 76.6 Å². The van der Waals surface area contributed by atoms with Crippen molar-refractivity contribution in [3.05, 3.63) is 84.6 Å². The van der Waals surface area contributed by atoms with Crippen LogP contribution in [0.1, 0.15) is 18.4 Å². The van der Waals surface area contributed by atoms with Gasteiger partial charge in [0.2, 0.25) is 0 Å². The van der Waals surface area contributed by atoms with E-state index in [4.69, 9.17) is 0 Å². The molecule has 2 heterocycles. The van der Waals surface area contributed by atoms with Crippen molar-refractivity contribution in [1.82, 2.24) is 9.88 Å². The number of pyridine rings is 1. The third-order valence-electron chi connectivity index (χ3n) is 6.00. The molecule has 0 saturated carbocycles. The van der Waals surface area contributed by atoms with E-state index in [1.165, 1.54) is 52.5 Å². The molecule has 0 atom stereocenters. The number of nitrogens with zero attached hydrogens (tertiary/aromatic N) is 2. The predicted octanol–water partition coefficient (Wildman–Crippen LogP) is 6.19. The number of aromatic nitrogens is 1. The summed E-state index contributed by atoms with van der Waals surface area (Å²) < 4.78 is 0. The summed E-state index contributed by atoms with van der Waals surface area (Å²) in [6.45, 7) is 3.54. The van der Waals surface area contributed by atoms with E-state index in [1.54, 1.807) is 0 Å². The van der Waals surface area contributed by atoms with Gasteiger partial charge in [0.25, 0.3) is 0 Å². The Morgan fingerprint density at radius 3 is 2.52 bits per heavy atom. The fourth-order valence-electron chi connectivity index (χ4n) is 4.39. The minimum Gasteiger partial charge on any atom is -0.303 e. The first-order valence-corrected chi connectivity index (χ1v) is 11.4. The normalized spacial score (nSPS) is 15.9. The third-order valence-corrected chi connectivity index (χ3v) is 7.39. The molecule has 0 unspecified atom stereocenters. The van der Waals surface area contributed by atoms with Crippen LogP contribution in [0.5, 0.6) is 0 Å². The zero-order chi connectivity index (χ0) is 19.5. The molecular formula is C26H26N2S. The predicted molar refractivity (Wildman–Crippen MR) is 125 cm³/mol. The molecule has 3 aromatic carbocycles. The van der Waals surface area contributed by atoms with E-state index in [0.29, 0.717) is 5.25 Å². The van der Waals surface area contributed by atoms with Crippen LogP contribution in [0.25, 0.3) is 21.7 Å². The Bertz CT molecular complexity index is 1110. The highest BCUT2D eigenvalue weighted by molar-refractivity contribution is 8.00. The zero-order valence-corrected chi connectivity index (χ0v) is 17.4. The number of rotatable bonds is 5. The first kappa shape index (κ1) is 18.7. The molecule has 3 heteroatoms. The van der Waals surface area contributed by atoms with E-state index in [1.807, 2.05) is 24.0 Å². The monoisotopic (exact) mass is 398 g/mol. The second-order valence-electron chi connectivity index (χ2n) is 7.88. The standard InChI is InChI=1S/C26H26N2S/c1-2-11-24-20(6-1)7-3-8-21(24)13-17-28-18-14-23(15-19-28)29-25-12-4-9-22-10-5-16-27-26(22)25/h1-12,16,23H,13-15,17-19H2. The molecule has 0 spiro atoms. The molecule has 0 bridgehead atoms. The second-order valence-corrected chi connectivity index (χ2v) is 9.22. The van der Waals surface area contributed by atoms with Crippen LogP contribution in [0.3, 0.4) is 0 Å². The Labute approximate surface area is 177 Å². The second kappa shape index (κ2) is 8.56. The summed E-state index contributed by atoms with van der Waals surface area (Å²) in [5, 5.41) is 4.69. The molecular weight excluding hydrogens is 372 g/mol. The van der Waals surface area contributed by atoms with Crippen LogP contribution in [-0.2, 0) is 6.42 Å². The molecule has 5 rings (SSSR count). The van der Waals surface area contributed by atoms with Gasteiger partial charge < -0.3 is 4.90 Å². The number of benzene rings is 3. The summed E-state index contributed by atoms with van der Waals surface area (Å²) in [5.74, 6) is 0. The summed E-state index contributed by atoms with van der Waals surface area (Å²) in [6.07, 6.45) is 5.54. The molecule has 0 radical (unpaired) electrons. The molecule has 1 aromatic heterocycles. The minimum atomic E-state index is 0.691. The lowest BCUT2D eigenvalue weighted by atomic mass is 10.0. The van der Waals surface area contributed by atoms with Crippen LogP contribution in [0.4, 0.5) is 0 Å². The number of likely N-dealkylation sites (tertiary alicyclic amines) is 1. The molecule has 1 aliphatic rings. The number of fused-ring (bicyclic) bond motifs is 2. The van der Waals surface area contributed by atoms with E-state index < -0.39 is 0 Å². The Kier molecular flexibility index (Phi) is 5.51. The lowest BCUT2D eigenvalue weighted by Gasteiger charge is -2.31. The van der Waals surface area contributed by atoms with E-state index in [0.717, 1.165) is 18.5 Å². The Morgan fingerprint density at radius 1 is 0.828 bits per heavy atom. The van der Waals surface area contributed by atoms with Crippen molar-refractivity contribution >= 4 is 33.4 Å². The smallest absolute Gasteiger partial charge is 0.0837 e. The average molecular weight is 399 g/mol. The fraction of sp³-hybridized carbons (Fsp3) is 0.269. The SMILES string of the molecule is c1ccc2c(CCN3CCC(Sc4cccc5cccnc45)CC3)cccc2c1. The van der Waals surface area contributed by atoms with Gasteiger partial charge in [0, 0.05) is 28.3 Å². The summed E-state index contributed by atoms with van der Waals surface area (Å²) in [4.78, 5) is 8.59. The van der Waals surface area contributed by atoms with Crippen LogP contribution in [0.15, 0.2) is 83.9 Å². The Balaban J connectivity index is 1.19. The van der Waals surface area contributed by atoms with Crippen molar-refractivity contribution in [2.24, 2.45) is 0 Å². The average Bonchev–Trinajstić information content (AvgIpc) is 2.79. The maximum atomic E-state index is 4.62. The maximum Gasteiger partial charge on any atom is 0.0837 e. The molecule has 1 fully saturated rings. The summed E-state index contributed by atoms with van der Waals surface area (Å²) in [7, 11) is 0. The molecule has 146 valence electrons. The third kappa shape index (κ3) is 4.17. The van der Waals surface area contributed by atoms with Crippen LogP contribution in [-0.4, -0.2) is 34.8 Å². The van der Waals surface area contributed by atoms with Gasteiger partial charge in [0.15, 0.2) is 0 Å². The summed E-state index contributed by atoms with van der Waals surface area (Å²) in [5.41, 5.74) is 2.62. The minimum absolute atomic E-state index is 0.691. The topological polar surface area (TPSA) is 16.1 Å². The van der Waals surface area contributed by atoms with Crippen LogP contribution < -0.4 is 0 Å². The molecule has 1 aliphatic heterocycles. The molecule has 1 saturated heterocycles. The maximum absolute atomic E-state index is 4.62. The van der Waals surface area contributed by atoms with Gasteiger partial charge in [-0.15, -0.1) is 11.8 Å². The molecule has 0 N–H and O–H groups in total. The first-order chi connectivity index (χ1) is 14.4. The molecule has 0 aliphatic carbocycles. The number of hydrogen-bond acceptors (Lipinski definition) is 3. The van der Waals surface area contributed by atoms with Crippen LogP contribution in [0, 0.1) is 0 Å². The zero-order valence-electron chi connectivity index (χ0n) is 16.6. The molecule has 29 heavy (non-hydrogen) atoms. The van der Waals surface area contributed by atoms with Crippen molar-refractivity contribution in [3.63, 3.8) is 0 Å². The Hall–Kier alpha value is -2.36. The quantitative estimate of drug-likeness (QED) is 0.399. The summed E-state index contributed by atoms with van der Waals surface area (Å²) in [6, 6.07) is 26.2. The molecule has 2 nitrogen and oxygen atoms in total. The van der Waals surface area contributed by atoms with Crippen LogP contribution >= 0.6 is 11.8 Å². The van der Waals surface area contributed by atoms with Gasteiger partial charge in [-0.25, -0.2) is 0 Å². The van der Waals surface area contributed by atoms with Gasteiger partial charge in [0.05, 0.1) is 5.52 Å². The van der Waals surface area contributed by atoms with Gasteiger partial charge in [-0.05, 0) is 60.8 Å². The lowest BCUT2D eigenvalue weighted by Crippen LogP contribution is -2.36. The van der Waals surface area contributed by atoms with Crippen molar-refractivity contribution in [2.75, 3.05) is 19.6 Å². The molecule has 4 aromatic rings. The molecule has 0 amide bonds. The van der Waals surface area contributed by atoms with Gasteiger partial charge in [-0.2, -0.15) is 0 Å². The lowest BCUT2D eigenvalue weighted by molar-refractivity contribution is 0.235. The van der Waals surface area contributed by atoms with Crippen molar-refractivity contribution in [1.29, 1.82) is 0 Å². The van der Waals surface area contributed by atoms with Gasteiger partial charge in [0.1, 0.15) is 0 Å². The number of thioether (sulfide) groups is 1. The van der Waals surface area contributed by atoms with Crippen molar-refractivity contribution in [2.45, 2.75) is 29.4 Å². The Morgan fingerprint density at radius 2 is 1.59 bits per heavy atom. The fourth-order valence-corrected chi connectivity index (χ4v) is 5.64. The first-order valence-electron chi connectivity index (χ1n) is 10.6. The van der Waals surface area contributed by atoms with Crippen LogP contribution in [0.2, 0.25) is 0 Å². The van der Waals surface area contributed by atoms with Crippen molar-refractivity contribution in [3.8, 4) is 0 Å². The highest BCUT2D eigenvalue weighted by atomic mass is 32.2. The van der Waals surface area contributed by atoms with Crippen molar-refractivity contribution < 1.29 is 0 Å². The van der Waals surface area contributed by atoms with Gasteiger partial charge in [-0.3, -0.25) is 4.98 Å². The van der Waals surface area contributed by atoms with Gasteiger partial charge in [-0.1, -0.05) is 60.7 Å². The van der Waals surface area contributed by atoms with E-state index in [-0.39, 0.29) is 0 Å². The van der Waals surface area contributed by atoms with Gasteiger partial charge >= 0.3 is 0 Å². The van der Waals surface area contributed by atoms with E-state index >= 15 is 0 Å². The highest BCUT2D eigenvalue weighted by Gasteiger charge is 2.21. The van der Waals surface area contributed by atoms with E-state index in [9.17, 15) is 0 Å². The number of hydrogen-bond donors (Lipinski definition) is 0. The largest absolute Gasteiger partial charge is 0.303 e. The highest BCUT2D eigenvalue weighted by Crippen LogP contribution is 2.34.